The van der Waals surface area contributed by atoms with Gasteiger partial charge in [0.2, 0.25) is 5.91 Å². The van der Waals surface area contributed by atoms with Crippen LogP contribution in [-0.2, 0) is 29.0 Å². The molecule has 31 heavy (non-hydrogen) atoms. The fraction of sp³-hybridized carbons (Fsp3) is 0.455. The smallest absolute Gasteiger partial charge is 0.321 e. The van der Waals surface area contributed by atoms with E-state index in [1.807, 2.05) is 20.8 Å². The van der Waals surface area contributed by atoms with Gasteiger partial charge in [0.25, 0.3) is 5.56 Å². The number of carbonyl (C=O) groups excluding carboxylic acids is 1. The summed E-state index contributed by atoms with van der Waals surface area (Å²) in [5, 5.41) is 12.1. The van der Waals surface area contributed by atoms with Gasteiger partial charge in [0.05, 0.1) is 24.3 Å². The number of H-pyrrole nitrogens is 1. The van der Waals surface area contributed by atoms with Crippen molar-refractivity contribution in [3.05, 3.63) is 45.4 Å². The molecule has 0 radical (unpaired) electrons. The number of aryl methyl sites for hydroxylation is 1. The Hall–Kier alpha value is -3.20. The zero-order chi connectivity index (χ0) is 23.0. The van der Waals surface area contributed by atoms with Gasteiger partial charge in [0.15, 0.2) is 0 Å². The molecular formula is C22H30N4O5. The third kappa shape index (κ3) is 6.39. The zero-order valence-corrected chi connectivity index (χ0v) is 18.2. The molecule has 9 nitrogen and oxygen atoms in total. The number of primary amides is 1. The largest absolute Gasteiger partial charge is 0.493 e. The lowest BCUT2D eigenvalue weighted by Gasteiger charge is -2.16. The first-order valence-corrected chi connectivity index (χ1v) is 10.4. The molecule has 168 valence electrons. The number of carboxylic acids is 1. The number of carboxylic acid groups (broad SMARTS) is 1. The summed E-state index contributed by atoms with van der Waals surface area (Å²) < 4.78 is 5.84. The van der Waals surface area contributed by atoms with Crippen molar-refractivity contribution < 1.29 is 19.4 Å². The molecule has 0 aliphatic rings. The van der Waals surface area contributed by atoms with Crippen LogP contribution in [0.4, 0.5) is 0 Å². The number of carbonyl (C=O) groups is 2. The summed E-state index contributed by atoms with van der Waals surface area (Å²) in [4.78, 5) is 42.5. The first-order chi connectivity index (χ1) is 14.8. The number of amides is 1. The van der Waals surface area contributed by atoms with Gasteiger partial charge in [-0.2, -0.15) is 0 Å². The molecule has 1 aromatic carbocycles. The molecule has 0 fully saturated rings. The Bertz CT molecular complexity index is 986. The predicted octanol–water partition coefficient (Wildman–Crippen LogP) is 1.77. The first-order valence-electron chi connectivity index (χ1n) is 10.4. The molecule has 5 N–H and O–H groups in total. The topological polar surface area (TPSA) is 147 Å². The van der Waals surface area contributed by atoms with Crippen LogP contribution in [-0.4, -0.2) is 39.6 Å². The number of benzene rings is 1. The molecule has 1 aromatic heterocycles. The van der Waals surface area contributed by atoms with Gasteiger partial charge in [-0.15, -0.1) is 0 Å². The summed E-state index contributed by atoms with van der Waals surface area (Å²) >= 11 is 0. The number of hydrogen-bond donors (Lipinski definition) is 4. The maximum absolute atomic E-state index is 12.6. The van der Waals surface area contributed by atoms with E-state index in [1.54, 1.807) is 18.2 Å². The van der Waals surface area contributed by atoms with E-state index in [2.05, 4.69) is 15.3 Å². The third-order valence-electron chi connectivity index (χ3n) is 4.81. The fourth-order valence-electron chi connectivity index (χ4n) is 3.23. The van der Waals surface area contributed by atoms with Crippen LogP contribution in [0.3, 0.4) is 0 Å². The average molecular weight is 431 g/mol. The van der Waals surface area contributed by atoms with Crippen LogP contribution in [0.5, 0.6) is 5.75 Å². The Kier molecular flexibility index (Phi) is 8.75. The van der Waals surface area contributed by atoms with Gasteiger partial charge in [0.1, 0.15) is 17.6 Å². The molecule has 0 aliphatic heterocycles. The summed E-state index contributed by atoms with van der Waals surface area (Å²) in [7, 11) is 0. The van der Waals surface area contributed by atoms with Crippen molar-refractivity contribution >= 4 is 11.9 Å². The van der Waals surface area contributed by atoms with Crippen molar-refractivity contribution in [1.29, 1.82) is 0 Å². The molecular weight excluding hydrogens is 400 g/mol. The highest BCUT2D eigenvalue weighted by molar-refractivity contribution is 5.83. The molecule has 0 saturated heterocycles. The van der Waals surface area contributed by atoms with Crippen molar-refractivity contribution in [2.45, 2.75) is 59.0 Å². The minimum atomic E-state index is -1.16. The highest BCUT2D eigenvalue weighted by atomic mass is 16.5. The normalized spacial score (nSPS) is 11.8. The van der Waals surface area contributed by atoms with Gasteiger partial charge in [-0.05, 0) is 37.0 Å². The third-order valence-corrected chi connectivity index (χ3v) is 4.81. The summed E-state index contributed by atoms with van der Waals surface area (Å²) in [5.41, 5.74) is 7.71. The van der Waals surface area contributed by atoms with Gasteiger partial charge >= 0.3 is 5.97 Å². The predicted molar refractivity (Wildman–Crippen MR) is 117 cm³/mol. The number of ether oxygens (including phenoxy) is 1. The lowest BCUT2D eigenvalue weighted by Crippen LogP contribution is -2.39. The molecule has 9 heteroatoms. The van der Waals surface area contributed by atoms with Crippen LogP contribution >= 0.6 is 0 Å². The minimum Gasteiger partial charge on any atom is -0.493 e. The Balaban J connectivity index is 2.43. The molecule has 2 aromatic rings. The van der Waals surface area contributed by atoms with Crippen LogP contribution in [0.15, 0.2) is 23.0 Å². The molecule has 1 unspecified atom stereocenters. The zero-order valence-electron chi connectivity index (χ0n) is 18.2. The molecule has 2 rings (SSSR count). The second-order valence-corrected chi connectivity index (χ2v) is 7.17. The van der Waals surface area contributed by atoms with Gasteiger partial charge in [-0.3, -0.25) is 19.7 Å². The van der Waals surface area contributed by atoms with Crippen molar-refractivity contribution in [1.82, 2.24) is 15.3 Å². The lowest BCUT2D eigenvalue weighted by molar-refractivity contribution is -0.141. The number of nitrogens with one attached hydrogen (secondary N) is 2. The van der Waals surface area contributed by atoms with Crippen LogP contribution < -0.4 is 21.3 Å². The van der Waals surface area contributed by atoms with E-state index in [0.29, 0.717) is 42.1 Å². The van der Waals surface area contributed by atoms with Crippen LogP contribution in [0.2, 0.25) is 0 Å². The van der Waals surface area contributed by atoms with Gasteiger partial charge in [0, 0.05) is 12.1 Å². The summed E-state index contributed by atoms with van der Waals surface area (Å²) in [6.45, 7) is 6.54. The number of rotatable bonds is 12. The van der Waals surface area contributed by atoms with Crippen molar-refractivity contribution in [3.8, 4) is 17.1 Å². The van der Waals surface area contributed by atoms with E-state index < -0.39 is 17.9 Å². The number of hydrogen-bond acceptors (Lipinski definition) is 6. The molecule has 1 amide bonds. The Labute approximate surface area is 181 Å². The SMILES string of the molecule is CCCOc1ccc(CNC(CC(N)=O)C(=O)O)cc1-c1nc(CC)c(CC)c(=O)[nH]1. The fourth-order valence-corrected chi connectivity index (χ4v) is 3.23. The number of nitrogens with two attached hydrogens (primary N) is 1. The monoisotopic (exact) mass is 430 g/mol. The average Bonchev–Trinajstić information content (AvgIpc) is 2.74. The maximum Gasteiger partial charge on any atom is 0.321 e. The molecule has 0 spiro atoms. The van der Waals surface area contributed by atoms with E-state index in [9.17, 15) is 19.5 Å². The second kappa shape index (κ2) is 11.3. The maximum atomic E-state index is 12.6. The van der Waals surface area contributed by atoms with E-state index >= 15 is 0 Å². The standard InChI is InChI=1S/C22H30N4O5/c1-4-9-31-18-8-7-13(12-24-17(22(29)30)11-19(23)27)10-15(18)20-25-16(6-3)14(5-2)21(28)26-20/h7-8,10,17,24H,4-6,9,11-12H2,1-3H3,(H2,23,27)(H,29,30)(H,25,26,28). The Morgan fingerprint density at radius 1 is 1.26 bits per heavy atom. The number of aromatic nitrogens is 2. The number of aromatic amines is 1. The lowest BCUT2D eigenvalue weighted by atomic mass is 10.1. The molecule has 0 saturated carbocycles. The highest BCUT2D eigenvalue weighted by Gasteiger charge is 2.20. The summed E-state index contributed by atoms with van der Waals surface area (Å²) in [6, 6.07) is 4.27. The van der Waals surface area contributed by atoms with Crippen LogP contribution in [0.25, 0.3) is 11.4 Å². The minimum absolute atomic E-state index is 0.179. The highest BCUT2D eigenvalue weighted by Crippen LogP contribution is 2.29. The van der Waals surface area contributed by atoms with Crippen molar-refractivity contribution in [2.24, 2.45) is 5.73 Å². The Morgan fingerprint density at radius 3 is 2.58 bits per heavy atom. The van der Waals surface area contributed by atoms with Crippen LogP contribution in [0.1, 0.15) is 50.4 Å². The summed E-state index contributed by atoms with van der Waals surface area (Å²) in [5.74, 6) is -0.879. The van der Waals surface area contributed by atoms with E-state index in [0.717, 1.165) is 17.7 Å². The second-order valence-electron chi connectivity index (χ2n) is 7.17. The molecule has 0 aliphatic carbocycles. The Morgan fingerprint density at radius 2 is 2.00 bits per heavy atom. The van der Waals surface area contributed by atoms with Crippen molar-refractivity contribution in [3.63, 3.8) is 0 Å². The number of nitrogens with zero attached hydrogens (tertiary/aromatic N) is 1. The van der Waals surface area contributed by atoms with E-state index in [4.69, 9.17) is 10.5 Å². The van der Waals surface area contributed by atoms with Gasteiger partial charge in [-0.25, -0.2) is 4.98 Å². The van der Waals surface area contributed by atoms with Gasteiger partial charge < -0.3 is 20.6 Å². The molecule has 1 atom stereocenters. The molecule has 0 bridgehead atoms. The van der Waals surface area contributed by atoms with Crippen LogP contribution in [0, 0.1) is 0 Å². The molecule has 1 heterocycles. The van der Waals surface area contributed by atoms with E-state index in [1.165, 1.54) is 0 Å². The number of aliphatic carboxylic acids is 1. The van der Waals surface area contributed by atoms with Crippen molar-refractivity contribution in [2.75, 3.05) is 6.61 Å². The quantitative estimate of drug-likeness (QED) is 0.401. The first kappa shape index (κ1) is 24.1. The van der Waals surface area contributed by atoms with E-state index in [-0.39, 0.29) is 18.5 Å². The van der Waals surface area contributed by atoms with Gasteiger partial charge in [-0.1, -0.05) is 26.8 Å². The summed E-state index contributed by atoms with van der Waals surface area (Å²) in [6.07, 6.45) is 1.72.